The minimum Gasteiger partial charge on any atom is -0.475 e. The highest BCUT2D eigenvalue weighted by Crippen LogP contribution is 2.33. The minimum atomic E-state index is -5.08. The summed E-state index contributed by atoms with van der Waals surface area (Å²) < 4.78 is 69.8. The second kappa shape index (κ2) is 8.11. The zero-order valence-corrected chi connectivity index (χ0v) is 15.3. The molecule has 2 heterocycles. The van der Waals surface area contributed by atoms with Gasteiger partial charge in [0.05, 0.1) is 6.26 Å². The van der Waals surface area contributed by atoms with E-state index in [2.05, 4.69) is 4.90 Å². The first kappa shape index (κ1) is 21.6. The highest BCUT2D eigenvalue weighted by atomic mass is 32.2. The molecule has 11 heteroatoms. The van der Waals surface area contributed by atoms with Crippen molar-refractivity contribution in [3.63, 3.8) is 0 Å². The fraction of sp³-hybridized carbons (Fsp3) is 0.562. The first-order valence-electron chi connectivity index (χ1n) is 8.15. The number of sulfonamides is 1. The van der Waals surface area contributed by atoms with Crippen molar-refractivity contribution in [1.29, 1.82) is 0 Å². The average molecular weight is 412 g/mol. The van der Waals surface area contributed by atoms with Crippen molar-refractivity contribution in [2.75, 3.05) is 19.3 Å². The van der Waals surface area contributed by atoms with Crippen LogP contribution in [0.3, 0.4) is 0 Å². The van der Waals surface area contributed by atoms with Gasteiger partial charge in [0, 0.05) is 31.7 Å². The maximum atomic E-state index is 12.9. The van der Waals surface area contributed by atoms with Crippen molar-refractivity contribution in [2.45, 2.75) is 37.6 Å². The maximum absolute atomic E-state index is 12.9. The Hall–Kier alpha value is -1.72. The Morgan fingerprint density at radius 2 is 1.67 bits per heavy atom. The molecule has 0 aliphatic carbocycles. The summed E-state index contributed by atoms with van der Waals surface area (Å²) in [5, 5.41) is 7.12. The van der Waals surface area contributed by atoms with Gasteiger partial charge in [0.2, 0.25) is 10.0 Å². The minimum absolute atomic E-state index is 0.116. The second-order valence-electron chi connectivity index (χ2n) is 6.49. The maximum Gasteiger partial charge on any atom is 0.490 e. The Balaban J connectivity index is 0.000000321. The predicted octanol–water partition coefficient (Wildman–Crippen LogP) is 2.07. The number of likely N-dealkylation sites (tertiary alicyclic amines) is 1. The largest absolute Gasteiger partial charge is 0.490 e. The van der Waals surface area contributed by atoms with E-state index >= 15 is 0 Å². The number of carboxylic acid groups (broad SMARTS) is 1. The van der Waals surface area contributed by atoms with E-state index < -0.39 is 22.2 Å². The number of hydrogen-bond donors (Lipinski definition) is 1. The van der Waals surface area contributed by atoms with E-state index in [0.29, 0.717) is 12.6 Å². The summed E-state index contributed by atoms with van der Waals surface area (Å²) in [5.74, 6) is -2.98. The molecule has 0 saturated carbocycles. The number of benzene rings is 1. The molecule has 1 N–H and O–H groups in total. The molecule has 2 atom stereocenters. The Labute approximate surface area is 154 Å². The Morgan fingerprint density at radius 1 is 1.15 bits per heavy atom. The van der Waals surface area contributed by atoms with E-state index in [1.807, 2.05) is 0 Å². The summed E-state index contributed by atoms with van der Waals surface area (Å²) in [7, 11) is -3.10. The second-order valence-corrected chi connectivity index (χ2v) is 8.42. The van der Waals surface area contributed by atoms with Gasteiger partial charge in [-0.15, -0.1) is 0 Å². The molecule has 6 nitrogen and oxygen atoms in total. The molecular weight excluding hydrogens is 392 g/mol. The van der Waals surface area contributed by atoms with Gasteiger partial charge in [0.1, 0.15) is 5.82 Å². The third-order valence-electron chi connectivity index (χ3n) is 4.61. The van der Waals surface area contributed by atoms with Crippen LogP contribution >= 0.6 is 0 Å². The summed E-state index contributed by atoms with van der Waals surface area (Å²) in [6.07, 6.45) is -2.02. The molecule has 0 bridgehead atoms. The van der Waals surface area contributed by atoms with E-state index in [4.69, 9.17) is 9.90 Å². The van der Waals surface area contributed by atoms with Crippen LogP contribution in [0.5, 0.6) is 0 Å². The molecule has 0 aromatic heterocycles. The van der Waals surface area contributed by atoms with Crippen LogP contribution in [0.1, 0.15) is 18.4 Å². The molecular formula is C16H20F4N2O4S. The number of nitrogens with zero attached hydrogens (tertiary/aromatic N) is 2. The summed E-state index contributed by atoms with van der Waals surface area (Å²) >= 11 is 0. The Morgan fingerprint density at radius 3 is 2.15 bits per heavy atom. The van der Waals surface area contributed by atoms with Crippen molar-refractivity contribution in [2.24, 2.45) is 0 Å². The van der Waals surface area contributed by atoms with E-state index in [0.717, 1.165) is 31.5 Å². The van der Waals surface area contributed by atoms with Crippen LogP contribution in [-0.2, 0) is 21.4 Å². The third-order valence-corrected chi connectivity index (χ3v) is 5.91. The lowest BCUT2D eigenvalue weighted by Crippen LogP contribution is -2.38. The van der Waals surface area contributed by atoms with E-state index in [-0.39, 0.29) is 11.9 Å². The van der Waals surface area contributed by atoms with Crippen LogP contribution in [0.25, 0.3) is 0 Å². The molecule has 1 aromatic rings. The molecule has 2 aliphatic rings. The summed E-state index contributed by atoms with van der Waals surface area (Å²) in [4.78, 5) is 11.2. The molecule has 27 heavy (non-hydrogen) atoms. The number of aliphatic carboxylic acids is 1. The van der Waals surface area contributed by atoms with Crippen LogP contribution in [0.15, 0.2) is 24.3 Å². The van der Waals surface area contributed by atoms with Crippen LogP contribution < -0.4 is 0 Å². The number of carbonyl (C=O) groups is 1. The highest BCUT2D eigenvalue weighted by Gasteiger charge is 2.45. The van der Waals surface area contributed by atoms with Crippen LogP contribution in [0.2, 0.25) is 0 Å². The van der Waals surface area contributed by atoms with Crippen molar-refractivity contribution < 1.29 is 35.9 Å². The molecule has 0 radical (unpaired) electrons. The number of carboxylic acids is 1. The third kappa shape index (κ3) is 5.63. The molecule has 2 aliphatic heterocycles. The lowest BCUT2D eigenvalue weighted by Gasteiger charge is -2.24. The molecule has 152 valence electrons. The van der Waals surface area contributed by atoms with E-state index in [1.165, 1.54) is 18.4 Å². The number of fused-ring (bicyclic) bond motifs is 1. The highest BCUT2D eigenvalue weighted by molar-refractivity contribution is 7.88. The van der Waals surface area contributed by atoms with Gasteiger partial charge in [0.25, 0.3) is 0 Å². The smallest absolute Gasteiger partial charge is 0.475 e. The molecule has 0 spiro atoms. The van der Waals surface area contributed by atoms with Gasteiger partial charge in [-0.2, -0.15) is 17.5 Å². The Bertz CT molecular complexity index is 768. The van der Waals surface area contributed by atoms with Gasteiger partial charge in [0.15, 0.2) is 0 Å². The number of halogens is 4. The summed E-state index contributed by atoms with van der Waals surface area (Å²) in [6, 6.07) is 6.96. The van der Waals surface area contributed by atoms with E-state index in [1.54, 1.807) is 16.4 Å². The van der Waals surface area contributed by atoms with Gasteiger partial charge in [-0.1, -0.05) is 12.1 Å². The van der Waals surface area contributed by atoms with E-state index in [9.17, 15) is 26.0 Å². The quantitative estimate of drug-likeness (QED) is 0.769. The zero-order valence-electron chi connectivity index (χ0n) is 14.5. The van der Waals surface area contributed by atoms with Gasteiger partial charge in [-0.25, -0.2) is 17.6 Å². The van der Waals surface area contributed by atoms with Gasteiger partial charge in [-0.3, -0.25) is 4.90 Å². The molecule has 3 rings (SSSR count). The first-order chi connectivity index (χ1) is 12.4. The number of rotatable bonds is 3. The predicted molar refractivity (Wildman–Crippen MR) is 88.9 cm³/mol. The molecule has 1 aromatic carbocycles. The molecule has 2 saturated heterocycles. The van der Waals surface area contributed by atoms with Gasteiger partial charge in [-0.05, 0) is 30.5 Å². The van der Waals surface area contributed by atoms with Crippen LogP contribution in [0.4, 0.5) is 17.6 Å². The van der Waals surface area contributed by atoms with Crippen LogP contribution in [0, 0.1) is 5.82 Å². The summed E-state index contributed by atoms with van der Waals surface area (Å²) in [5.41, 5.74) is 1.07. The van der Waals surface area contributed by atoms with Crippen molar-refractivity contribution >= 4 is 16.0 Å². The molecule has 0 unspecified atom stereocenters. The van der Waals surface area contributed by atoms with Gasteiger partial charge < -0.3 is 5.11 Å². The van der Waals surface area contributed by atoms with Gasteiger partial charge >= 0.3 is 12.1 Å². The fourth-order valence-electron chi connectivity index (χ4n) is 3.47. The number of hydrogen-bond acceptors (Lipinski definition) is 4. The zero-order chi connectivity index (χ0) is 20.4. The van der Waals surface area contributed by atoms with Crippen molar-refractivity contribution in [1.82, 2.24) is 9.21 Å². The lowest BCUT2D eigenvalue weighted by atomic mass is 10.1. The lowest BCUT2D eigenvalue weighted by molar-refractivity contribution is -0.192. The van der Waals surface area contributed by atoms with Crippen molar-refractivity contribution in [3.05, 3.63) is 35.6 Å². The number of alkyl halides is 3. The molecule has 0 amide bonds. The SMILES string of the molecule is CS(=O)(=O)N1CC[C@@H]2[C@@H]1CCN2Cc1ccc(F)cc1.O=C(O)C(F)(F)F. The van der Waals surface area contributed by atoms with Crippen molar-refractivity contribution in [3.8, 4) is 0 Å². The topological polar surface area (TPSA) is 77.9 Å². The standard InChI is InChI=1S/C14H19FN2O2S.C2HF3O2/c1-20(18,19)17-9-7-13-14(17)6-8-16(13)10-11-2-4-12(15)5-3-11;3-2(4,5)1(6)7/h2-5,13-14H,6-10H2,1H3;(H,6,7)/t13-,14+;/m1./s1. The molecule has 2 fully saturated rings. The first-order valence-corrected chi connectivity index (χ1v) is 10.00. The van der Waals surface area contributed by atoms with Crippen LogP contribution in [-0.4, -0.2) is 66.3 Å². The summed E-state index contributed by atoms with van der Waals surface area (Å²) in [6.45, 7) is 2.28. The average Bonchev–Trinajstić information content (AvgIpc) is 3.11. The fourth-order valence-corrected chi connectivity index (χ4v) is 4.64. The normalized spacial score (nSPS) is 23.6. The monoisotopic (exact) mass is 412 g/mol. The Kier molecular flexibility index (Phi) is 6.48.